The van der Waals surface area contributed by atoms with Crippen LogP contribution in [0.2, 0.25) is 0 Å². The highest BCUT2D eigenvalue weighted by Gasteiger charge is 2.51. The fraction of sp³-hybridized carbons (Fsp3) is 0.586. The van der Waals surface area contributed by atoms with Gasteiger partial charge in [-0.05, 0) is 82.1 Å². The molecule has 0 amide bonds. The Balaban J connectivity index is 1.52. The van der Waals surface area contributed by atoms with Gasteiger partial charge in [0.05, 0.1) is 67.1 Å². The lowest BCUT2D eigenvalue weighted by atomic mass is 9.82. The number of aliphatic hydroxyl groups excluding tert-OH is 8. The molecule has 18 unspecified atom stereocenters. The lowest BCUT2D eigenvalue weighted by Crippen LogP contribution is -2.61. The second kappa shape index (κ2) is 32.9. The van der Waals surface area contributed by atoms with Crippen molar-refractivity contribution in [1.29, 1.82) is 0 Å². The van der Waals surface area contributed by atoms with Gasteiger partial charge in [-0.15, -0.1) is 0 Å². The topological polar surface area (TPSA) is 360 Å². The van der Waals surface area contributed by atoms with Crippen molar-refractivity contribution in [3.05, 3.63) is 115 Å². The van der Waals surface area contributed by atoms with Gasteiger partial charge in [0.1, 0.15) is 30.3 Å². The summed E-state index contributed by atoms with van der Waals surface area (Å²) in [7, 11) is 0. The zero-order chi connectivity index (χ0) is 57.5. The molecule has 2 saturated heterocycles. The van der Waals surface area contributed by atoms with Gasteiger partial charge in [-0.2, -0.15) is 0 Å². The Morgan fingerprint density at radius 2 is 1.32 bits per heavy atom. The zero-order valence-corrected chi connectivity index (χ0v) is 44.8. The quantitative estimate of drug-likeness (QED) is 0.0692. The maximum absolute atomic E-state index is 13.2. The smallest absolute Gasteiger partial charge is 0.313 e. The van der Waals surface area contributed by atoms with Gasteiger partial charge in [0.25, 0.3) is 0 Å². The Morgan fingerprint density at radius 3 is 1.92 bits per heavy atom. The monoisotopic (exact) mass is 1100 g/mol. The van der Waals surface area contributed by atoms with E-state index in [1.807, 2.05) is 19.9 Å². The number of carboxylic acid groups (broad SMARTS) is 1. The Kier molecular flexibility index (Phi) is 27.6. The molecule has 434 valence electrons. The summed E-state index contributed by atoms with van der Waals surface area (Å²) in [5.74, 6) is -7.37. The molecule has 0 saturated carbocycles. The summed E-state index contributed by atoms with van der Waals surface area (Å²) in [6, 6.07) is 5.28. The number of ether oxygens (including phenoxy) is 4. The van der Waals surface area contributed by atoms with Crippen molar-refractivity contribution in [2.45, 2.75) is 196 Å². The predicted molar refractivity (Wildman–Crippen MR) is 289 cm³/mol. The summed E-state index contributed by atoms with van der Waals surface area (Å²) >= 11 is 0. The van der Waals surface area contributed by atoms with E-state index < -0.39 is 141 Å². The average molecular weight is 1100 g/mol. The van der Waals surface area contributed by atoms with Gasteiger partial charge in [0.15, 0.2) is 17.9 Å². The van der Waals surface area contributed by atoms with Gasteiger partial charge >= 0.3 is 11.9 Å². The van der Waals surface area contributed by atoms with E-state index in [1.165, 1.54) is 13.0 Å². The number of fused-ring (bicyclic) bond motifs is 2. The molecular weight excluding hydrogens is 1010 g/mol. The molecule has 2 bridgehead atoms. The molecular formula is C58H84N2O18. The average Bonchev–Trinajstić information content (AvgIpc) is 3.34. The van der Waals surface area contributed by atoms with E-state index >= 15 is 0 Å². The van der Waals surface area contributed by atoms with Crippen molar-refractivity contribution >= 4 is 29.2 Å². The van der Waals surface area contributed by atoms with Crippen LogP contribution in [0.25, 0.3) is 0 Å². The number of cyclic esters (lactones) is 1. The van der Waals surface area contributed by atoms with Crippen molar-refractivity contribution in [3.8, 4) is 0 Å². The van der Waals surface area contributed by atoms with Crippen molar-refractivity contribution in [1.82, 2.24) is 0 Å². The van der Waals surface area contributed by atoms with E-state index in [2.05, 4.69) is 0 Å². The van der Waals surface area contributed by atoms with E-state index in [1.54, 1.807) is 97.2 Å². The van der Waals surface area contributed by atoms with Gasteiger partial charge in [0, 0.05) is 49.3 Å². The molecule has 20 heteroatoms. The van der Waals surface area contributed by atoms with Crippen LogP contribution in [0.3, 0.4) is 0 Å². The molecule has 4 rings (SSSR count). The Bertz CT molecular complexity index is 2250. The number of carboxylic acids is 1. The lowest BCUT2D eigenvalue weighted by Gasteiger charge is -2.45. The van der Waals surface area contributed by atoms with Crippen LogP contribution in [0.1, 0.15) is 115 Å². The van der Waals surface area contributed by atoms with Crippen LogP contribution < -0.4 is 11.5 Å². The fourth-order valence-electron chi connectivity index (χ4n) is 9.84. The molecule has 20 nitrogen and oxygen atoms in total. The van der Waals surface area contributed by atoms with E-state index in [0.29, 0.717) is 17.7 Å². The van der Waals surface area contributed by atoms with Gasteiger partial charge in [-0.1, -0.05) is 98.9 Å². The molecule has 1 aromatic carbocycles. The number of hydrogen-bond donors (Lipinski definition) is 12. The minimum absolute atomic E-state index is 0.0724. The Morgan fingerprint density at radius 1 is 0.756 bits per heavy atom. The largest absolute Gasteiger partial charge is 0.481 e. The number of esters is 1. The van der Waals surface area contributed by atoms with Crippen LogP contribution in [0.5, 0.6) is 0 Å². The Hall–Kier alpha value is -5.04. The highest BCUT2D eigenvalue weighted by molar-refractivity contribution is 5.96. The normalized spacial score (nSPS) is 37.8. The van der Waals surface area contributed by atoms with E-state index in [4.69, 9.17) is 30.4 Å². The van der Waals surface area contributed by atoms with Crippen molar-refractivity contribution in [3.63, 3.8) is 0 Å². The maximum atomic E-state index is 13.2. The maximum Gasteiger partial charge on any atom is 0.313 e. The number of hydrogen-bond acceptors (Lipinski definition) is 19. The first kappa shape index (κ1) is 65.5. The third-order valence-electron chi connectivity index (χ3n) is 14.1. The number of benzene rings is 1. The second-order valence-electron chi connectivity index (χ2n) is 21.0. The van der Waals surface area contributed by atoms with Gasteiger partial charge in [-0.3, -0.25) is 19.2 Å². The first-order valence-electron chi connectivity index (χ1n) is 26.9. The molecule has 3 aliphatic heterocycles. The summed E-state index contributed by atoms with van der Waals surface area (Å²) in [5, 5.41) is 108. The van der Waals surface area contributed by atoms with Crippen molar-refractivity contribution in [2.24, 2.45) is 23.5 Å². The number of aliphatic hydroxyl groups is 9. The lowest BCUT2D eigenvalue weighted by molar-refractivity contribution is -0.308. The van der Waals surface area contributed by atoms with Crippen molar-refractivity contribution in [2.75, 3.05) is 5.73 Å². The highest BCUT2D eigenvalue weighted by atomic mass is 16.7. The number of carbonyl (C=O) groups is 4. The van der Waals surface area contributed by atoms with E-state index in [-0.39, 0.29) is 69.0 Å². The Labute approximate surface area is 456 Å². The number of carbonyl (C=O) groups excluding carboxylic acids is 3. The summed E-state index contributed by atoms with van der Waals surface area (Å²) < 4.78 is 23.7. The molecule has 14 N–H and O–H groups in total. The molecule has 0 spiro atoms. The first-order valence-corrected chi connectivity index (χ1v) is 26.9. The fourth-order valence-corrected chi connectivity index (χ4v) is 9.84. The minimum Gasteiger partial charge on any atom is -0.481 e. The molecule has 0 aliphatic carbocycles. The number of nitrogen functional groups attached to an aromatic ring is 1. The number of nitrogens with two attached hydrogens (primary N) is 2. The van der Waals surface area contributed by atoms with Crippen LogP contribution in [-0.4, -0.2) is 166 Å². The first-order chi connectivity index (χ1) is 36.9. The van der Waals surface area contributed by atoms with E-state index in [0.717, 1.165) is 0 Å². The molecule has 78 heavy (non-hydrogen) atoms. The molecule has 3 aliphatic rings. The van der Waals surface area contributed by atoms with Crippen molar-refractivity contribution < 1.29 is 89.2 Å². The van der Waals surface area contributed by atoms with Gasteiger partial charge < -0.3 is 81.5 Å². The number of Topliss-reactive ketones (excluding diaryl/α,β-unsaturated/α-hetero) is 2. The minimum atomic E-state index is -2.31. The molecule has 1 aromatic rings. The number of allylic oxidation sites excluding steroid dienone is 12. The summed E-state index contributed by atoms with van der Waals surface area (Å²) in [4.78, 5) is 51.5. The highest BCUT2D eigenvalue weighted by Crippen LogP contribution is 2.38. The van der Waals surface area contributed by atoms with Crippen LogP contribution >= 0.6 is 0 Å². The summed E-state index contributed by atoms with van der Waals surface area (Å²) in [6.07, 6.45) is 5.99. The second-order valence-corrected chi connectivity index (χ2v) is 21.0. The third-order valence-corrected chi connectivity index (χ3v) is 14.1. The van der Waals surface area contributed by atoms with E-state index in [9.17, 15) is 70.2 Å². The number of anilines is 1. The number of aliphatic carboxylic acids is 1. The third kappa shape index (κ3) is 22.6. The summed E-state index contributed by atoms with van der Waals surface area (Å²) in [5.41, 5.74) is 12.7. The van der Waals surface area contributed by atoms with Gasteiger partial charge in [-0.25, -0.2) is 0 Å². The van der Waals surface area contributed by atoms with Crippen LogP contribution in [0.15, 0.2) is 109 Å². The molecule has 0 aromatic heterocycles. The summed E-state index contributed by atoms with van der Waals surface area (Å²) in [6.45, 7) is 5.27. The van der Waals surface area contributed by atoms with Crippen LogP contribution in [0, 0.1) is 17.8 Å². The number of rotatable bonds is 10. The standard InChI is InChI=1S/C58H84N2O18/c1-35-17-14-12-10-8-6-4-5-7-9-11-13-15-20-46(76-57-54(71)52(60)53(70)37(3)75-57)32-49-51(56(72)73)48(68)34-58(74,78-49)33-45(66)29-44(65)28-43(64)27-40(61)18-16-19-41(62)31-50(69)77-55(35)36(2)21-26-42(63)30-47(67)38-22-24-39(59)25-23-38/h4-15,17,20,22-25,35-37,40,42-46,48-49,51-55,57,61,63-66,68,70-71,74H,16,18-19,21,26-34,59-60H2,1-3H3,(H,72,73)/b5-4+,8-6+,9-7+,12-10+,13-11+,17-14+,20-15+. The molecule has 0 radical (unpaired) electrons. The van der Waals surface area contributed by atoms with Crippen LogP contribution in [-0.2, 0) is 33.3 Å². The predicted octanol–water partition coefficient (Wildman–Crippen LogP) is 3.32. The molecule has 18 atom stereocenters. The SMILES string of the molecule is CC1/C=C/C=C/C=C/C=C/C=C/C=C/C=C/C(OC2OC(C)C(O)C(N)C2O)CC2OC(O)(CC(O)CC(O)CC(O)CC(O)CCCC(=O)CC(=O)OC1C(C)CCC(O)CC(=O)c1ccc(N)cc1)CC(O)C2C(=O)O. The molecule has 2 fully saturated rings. The number of ketones is 2. The van der Waals surface area contributed by atoms with Gasteiger partial charge in [0.2, 0.25) is 0 Å². The van der Waals surface area contributed by atoms with Crippen LogP contribution in [0.4, 0.5) is 5.69 Å². The zero-order valence-electron chi connectivity index (χ0n) is 44.8. The molecule has 3 heterocycles.